The van der Waals surface area contributed by atoms with Crippen molar-refractivity contribution in [3.05, 3.63) is 52.3 Å². The molecule has 1 saturated heterocycles. The maximum atomic E-state index is 12.9. The summed E-state index contributed by atoms with van der Waals surface area (Å²) in [5, 5.41) is 9.64. The Morgan fingerprint density at radius 3 is 2.78 bits per heavy atom. The van der Waals surface area contributed by atoms with Gasteiger partial charge in [-0.25, -0.2) is 9.78 Å². The lowest BCUT2D eigenvalue weighted by Crippen LogP contribution is -2.40. The summed E-state index contributed by atoms with van der Waals surface area (Å²) in [7, 11) is 1.56. The van der Waals surface area contributed by atoms with Gasteiger partial charge in [-0.15, -0.1) is 16.3 Å². The Morgan fingerprint density at radius 1 is 1.33 bits per heavy atom. The van der Waals surface area contributed by atoms with Crippen LogP contribution in [0, 0.1) is 0 Å². The number of thiazole rings is 1. The van der Waals surface area contributed by atoms with Crippen LogP contribution in [-0.4, -0.2) is 39.7 Å². The van der Waals surface area contributed by atoms with Crippen LogP contribution in [0.3, 0.4) is 0 Å². The number of amides is 3. The normalized spacial score (nSPS) is 20.0. The number of aromatic nitrogens is 2. The topological polar surface area (TPSA) is 88.3 Å². The highest BCUT2D eigenvalue weighted by molar-refractivity contribution is 7.15. The maximum absolute atomic E-state index is 12.9. The van der Waals surface area contributed by atoms with Crippen molar-refractivity contribution in [1.29, 1.82) is 0 Å². The lowest BCUT2D eigenvalue weighted by molar-refractivity contribution is -0.131. The summed E-state index contributed by atoms with van der Waals surface area (Å²) in [5.41, 5.74) is -0.104. The van der Waals surface area contributed by atoms with Gasteiger partial charge in [-0.1, -0.05) is 23.7 Å². The van der Waals surface area contributed by atoms with Crippen molar-refractivity contribution < 1.29 is 14.3 Å². The van der Waals surface area contributed by atoms with Crippen LogP contribution < -0.4 is 10.1 Å². The van der Waals surface area contributed by atoms with Gasteiger partial charge in [0, 0.05) is 11.6 Å². The Labute approximate surface area is 163 Å². The average molecular weight is 404 g/mol. The first-order chi connectivity index (χ1) is 12.9. The second-order valence-corrected chi connectivity index (χ2v) is 7.22. The second-order valence-electron chi connectivity index (χ2n) is 5.99. The smallest absolute Gasteiger partial charge is 0.346 e. The summed E-state index contributed by atoms with van der Waals surface area (Å²) in [6, 6.07) is 6.30. The van der Waals surface area contributed by atoms with Crippen LogP contribution in [0.15, 0.2) is 40.9 Å². The van der Waals surface area contributed by atoms with Gasteiger partial charge in [0.05, 0.1) is 13.3 Å². The number of ether oxygens (including phenoxy) is 1. The zero-order valence-corrected chi connectivity index (χ0v) is 15.9. The fourth-order valence-corrected chi connectivity index (χ4v) is 3.85. The van der Waals surface area contributed by atoms with Gasteiger partial charge in [-0.3, -0.25) is 9.20 Å². The van der Waals surface area contributed by atoms with Gasteiger partial charge in [-0.05, 0) is 24.6 Å². The van der Waals surface area contributed by atoms with Gasteiger partial charge in [-0.2, -0.15) is 5.10 Å². The van der Waals surface area contributed by atoms with Crippen LogP contribution in [0.25, 0.3) is 4.96 Å². The number of imide groups is 1. The number of benzene rings is 1. The van der Waals surface area contributed by atoms with E-state index >= 15 is 0 Å². The van der Waals surface area contributed by atoms with E-state index in [9.17, 15) is 9.59 Å². The number of carbonyl (C=O) groups excluding carboxylic acids is 2. The van der Waals surface area contributed by atoms with Crippen molar-refractivity contribution in [1.82, 2.24) is 19.7 Å². The Balaban J connectivity index is 1.64. The molecule has 4 rings (SSSR count). The van der Waals surface area contributed by atoms with E-state index in [-0.39, 0.29) is 5.15 Å². The van der Waals surface area contributed by atoms with Gasteiger partial charge < -0.3 is 10.1 Å². The van der Waals surface area contributed by atoms with E-state index in [2.05, 4.69) is 15.4 Å². The van der Waals surface area contributed by atoms with Gasteiger partial charge in [0.2, 0.25) is 0 Å². The van der Waals surface area contributed by atoms with E-state index in [4.69, 9.17) is 16.3 Å². The molecule has 3 amide bonds. The minimum atomic E-state index is -1.22. The average Bonchev–Trinajstić information content (AvgIpc) is 3.28. The summed E-state index contributed by atoms with van der Waals surface area (Å²) >= 11 is 7.53. The molecule has 1 N–H and O–H groups in total. The Morgan fingerprint density at radius 2 is 2.07 bits per heavy atom. The third-order valence-corrected chi connectivity index (χ3v) is 5.42. The van der Waals surface area contributed by atoms with E-state index in [1.807, 2.05) is 5.38 Å². The summed E-state index contributed by atoms with van der Waals surface area (Å²) in [6.45, 7) is 1.63. The number of rotatable bonds is 4. The van der Waals surface area contributed by atoms with E-state index < -0.39 is 17.5 Å². The first kappa shape index (κ1) is 17.5. The molecule has 0 spiro atoms. The number of hydrazone groups is 1. The van der Waals surface area contributed by atoms with Crippen LogP contribution in [0.4, 0.5) is 4.79 Å². The van der Waals surface area contributed by atoms with Gasteiger partial charge in [0.25, 0.3) is 5.91 Å². The standard InChI is InChI=1S/C17H14ClN5O3S/c1-17(10-3-5-11(26-2)6-4-10)14(24)23(15(25)21-17)19-9-12-13(18)20-16-22(12)7-8-27-16/h3-9H,1-2H3,(H,21,25)/b19-9+. The van der Waals surface area contributed by atoms with Gasteiger partial charge in [0.1, 0.15) is 17.0 Å². The maximum Gasteiger partial charge on any atom is 0.346 e. The third-order valence-electron chi connectivity index (χ3n) is 4.39. The monoisotopic (exact) mass is 403 g/mol. The molecule has 0 saturated carbocycles. The summed E-state index contributed by atoms with van der Waals surface area (Å²) in [4.78, 5) is 30.1. The molecule has 0 radical (unpaired) electrons. The Kier molecular flexibility index (Phi) is 4.12. The van der Waals surface area contributed by atoms with E-state index in [0.29, 0.717) is 22.0 Å². The first-order valence-electron chi connectivity index (χ1n) is 7.90. The summed E-state index contributed by atoms with van der Waals surface area (Å²) in [6.07, 6.45) is 3.14. The fourth-order valence-electron chi connectivity index (χ4n) is 2.85. The van der Waals surface area contributed by atoms with Crippen molar-refractivity contribution >= 4 is 46.1 Å². The van der Waals surface area contributed by atoms with Crippen molar-refractivity contribution in [2.24, 2.45) is 5.10 Å². The van der Waals surface area contributed by atoms with Crippen LogP contribution in [0.5, 0.6) is 5.75 Å². The quantitative estimate of drug-likeness (QED) is 0.536. The third kappa shape index (κ3) is 2.75. The van der Waals surface area contributed by atoms with Crippen LogP contribution in [0.1, 0.15) is 18.2 Å². The Bertz CT molecular complexity index is 1070. The number of hydrogen-bond donors (Lipinski definition) is 1. The van der Waals surface area contributed by atoms with Crippen LogP contribution >= 0.6 is 22.9 Å². The largest absolute Gasteiger partial charge is 0.497 e. The molecule has 1 fully saturated rings. The number of methoxy groups -OCH3 is 1. The predicted molar refractivity (Wildman–Crippen MR) is 101 cm³/mol. The number of nitrogens with zero attached hydrogens (tertiary/aromatic N) is 4. The SMILES string of the molecule is COc1ccc(C2(C)NC(=O)N(/N=C/c3c(Cl)nc4sccn34)C2=O)cc1. The molecule has 1 aliphatic heterocycles. The highest BCUT2D eigenvalue weighted by atomic mass is 35.5. The second kappa shape index (κ2) is 6.36. The van der Waals surface area contributed by atoms with Crippen LogP contribution in [-0.2, 0) is 10.3 Å². The molecule has 8 nitrogen and oxygen atoms in total. The number of urea groups is 1. The minimum absolute atomic E-state index is 0.246. The van der Waals surface area contributed by atoms with Crippen molar-refractivity contribution in [2.75, 3.05) is 7.11 Å². The molecule has 1 unspecified atom stereocenters. The van der Waals surface area contributed by atoms with Crippen molar-refractivity contribution in [2.45, 2.75) is 12.5 Å². The molecule has 3 aromatic rings. The van der Waals surface area contributed by atoms with E-state index in [1.54, 1.807) is 48.9 Å². The summed E-state index contributed by atoms with van der Waals surface area (Å²) < 4.78 is 6.86. The number of imidazole rings is 1. The molecule has 1 aromatic carbocycles. The molecule has 1 aliphatic rings. The molecule has 3 heterocycles. The van der Waals surface area contributed by atoms with E-state index in [1.165, 1.54) is 17.6 Å². The van der Waals surface area contributed by atoms with Crippen LogP contribution in [0.2, 0.25) is 5.15 Å². The molecule has 2 aromatic heterocycles. The number of nitrogens with one attached hydrogen (secondary N) is 1. The Hall–Kier alpha value is -2.91. The van der Waals surface area contributed by atoms with Gasteiger partial charge in [0.15, 0.2) is 10.1 Å². The number of hydrogen-bond acceptors (Lipinski definition) is 6. The highest BCUT2D eigenvalue weighted by Crippen LogP contribution is 2.30. The molecular weight excluding hydrogens is 390 g/mol. The fraction of sp³-hybridized carbons (Fsp3) is 0.176. The van der Waals surface area contributed by atoms with Gasteiger partial charge >= 0.3 is 6.03 Å². The molecule has 27 heavy (non-hydrogen) atoms. The van der Waals surface area contributed by atoms with E-state index in [0.717, 1.165) is 5.01 Å². The molecular formula is C17H14ClN5O3S. The number of fused-ring (bicyclic) bond motifs is 1. The molecule has 138 valence electrons. The zero-order chi connectivity index (χ0) is 19.2. The lowest BCUT2D eigenvalue weighted by atomic mass is 9.92. The predicted octanol–water partition coefficient (Wildman–Crippen LogP) is 2.86. The lowest BCUT2D eigenvalue weighted by Gasteiger charge is -2.21. The number of halogens is 1. The molecule has 10 heteroatoms. The number of carbonyl (C=O) groups is 2. The summed E-state index contributed by atoms with van der Waals surface area (Å²) in [5.74, 6) is 0.167. The molecule has 1 atom stereocenters. The van der Waals surface area contributed by atoms with Crippen molar-refractivity contribution in [3.63, 3.8) is 0 Å². The highest BCUT2D eigenvalue weighted by Gasteiger charge is 2.49. The van der Waals surface area contributed by atoms with Crippen molar-refractivity contribution in [3.8, 4) is 5.75 Å². The first-order valence-corrected chi connectivity index (χ1v) is 9.16. The molecule has 0 aliphatic carbocycles. The molecule has 0 bridgehead atoms. The minimum Gasteiger partial charge on any atom is -0.497 e. The zero-order valence-electron chi connectivity index (χ0n) is 14.3.